The molecule has 2 heterocycles. The van der Waals surface area contributed by atoms with Gasteiger partial charge in [0.25, 0.3) is 10.0 Å². The van der Waals surface area contributed by atoms with Crippen molar-refractivity contribution in [1.82, 2.24) is 13.9 Å². The average Bonchev–Trinajstić information content (AvgIpc) is 2.85. The van der Waals surface area contributed by atoms with Gasteiger partial charge >= 0.3 is 5.97 Å². The number of carbonyl (C=O) groups is 1. The van der Waals surface area contributed by atoms with Crippen molar-refractivity contribution in [3.63, 3.8) is 0 Å². The zero-order valence-corrected chi connectivity index (χ0v) is 11.5. The molecule has 2 rings (SSSR count). The summed E-state index contributed by atoms with van der Waals surface area (Å²) in [5.74, 6) is -0.640. The molecule has 1 saturated heterocycles. The Morgan fingerprint density at radius 3 is 2.89 bits per heavy atom. The molecule has 0 N–H and O–H groups in total. The van der Waals surface area contributed by atoms with Gasteiger partial charge in [-0.1, -0.05) is 0 Å². The molecule has 106 valence electrons. The highest BCUT2D eigenvalue weighted by Crippen LogP contribution is 2.19. The number of ether oxygens (including phenoxy) is 2. The van der Waals surface area contributed by atoms with E-state index in [1.54, 1.807) is 7.05 Å². The van der Waals surface area contributed by atoms with Crippen LogP contribution in [0.25, 0.3) is 0 Å². The van der Waals surface area contributed by atoms with Crippen LogP contribution in [0.2, 0.25) is 0 Å². The zero-order chi connectivity index (χ0) is 14.0. The molecular weight excluding hydrogens is 274 g/mol. The van der Waals surface area contributed by atoms with Gasteiger partial charge < -0.3 is 14.0 Å². The minimum atomic E-state index is -3.82. The molecule has 19 heavy (non-hydrogen) atoms. The number of aromatic nitrogens is 2. The third-order valence-electron chi connectivity index (χ3n) is 2.81. The third kappa shape index (κ3) is 2.62. The first kappa shape index (κ1) is 14.0. The molecule has 0 bridgehead atoms. The second kappa shape index (κ2) is 5.27. The van der Waals surface area contributed by atoms with Crippen LogP contribution < -0.4 is 0 Å². The third-order valence-corrected chi connectivity index (χ3v) is 4.60. The molecule has 8 nitrogen and oxygen atoms in total. The number of rotatable bonds is 3. The van der Waals surface area contributed by atoms with E-state index < -0.39 is 22.0 Å². The first-order chi connectivity index (χ1) is 8.96. The molecule has 1 aliphatic rings. The Hall–Kier alpha value is -1.45. The van der Waals surface area contributed by atoms with Crippen LogP contribution in [0.3, 0.4) is 0 Å². The Bertz CT molecular complexity index is 567. The summed E-state index contributed by atoms with van der Waals surface area (Å²) in [6.07, 6.45) is 2.78. The summed E-state index contributed by atoms with van der Waals surface area (Å²) in [6.45, 7) is 0.316. The van der Waals surface area contributed by atoms with Gasteiger partial charge in [-0.05, 0) is 0 Å². The molecule has 0 aromatic carbocycles. The van der Waals surface area contributed by atoms with E-state index in [4.69, 9.17) is 4.74 Å². The fourth-order valence-corrected chi connectivity index (χ4v) is 3.36. The Morgan fingerprint density at radius 1 is 1.58 bits per heavy atom. The smallest absolute Gasteiger partial charge is 0.326 e. The minimum absolute atomic E-state index is 0.0151. The maximum atomic E-state index is 12.4. The van der Waals surface area contributed by atoms with E-state index in [1.807, 2.05) is 0 Å². The molecule has 1 fully saturated rings. The number of carbonyl (C=O) groups excluding carboxylic acids is 1. The summed E-state index contributed by atoms with van der Waals surface area (Å²) in [5, 5.41) is -0.0918. The standard InChI is InChI=1S/C10H15N3O5S/c1-12-5-9(11-7-12)19(15,16)13-3-4-18-6-8(13)10(14)17-2/h5,7-8H,3-4,6H2,1-2H3. The van der Waals surface area contributed by atoms with Gasteiger partial charge in [0.1, 0.15) is 6.04 Å². The summed E-state index contributed by atoms with van der Waals surface area (Å²) < 4.78 is 37.2. The number of aryl methyl sites for hydroxylation is 1. The molecule has 0 radical (unpaired) electrons. The quantitative estimate of drug-likeness (QED) is 0.662. The van der Waals surface area contributed by atoms with E-state index in [0.717, 1.165) is 4.31 Å². The van der Waals surface area contributed by atoms with Crippen LogP contribution in [0.4, 0.5) is 0 Å². The van der Waals surface area contributed by atoms with Crippen LogP contribution in [0.5, 0.6) is 0 Å². The monoisotopic (exact) mass is 289 g/mol. The highest BCUT2D eigenvalue weighted by molar-refractivity contribution is 7.89. The van der Waals surface area contributed by atoms with Crippen molar-refractivity contribution in [2.75, 3.05) is 26.9 Å². The van der Waals surface area contributed by atoms with Crippen molar-refractivity contribution in [1.29, 1.82) is 0 Å². The Labute approximate surface area is 111 Å². The first-order valence-corrected chi connectivity index (χ1v) is 7.06. The largest absolute Gasteiger partial charge is 0.468 e. The lowest BCUT2D eigenvalue weighted by molar-refractivity contribution is -0.149. The molecule has 1 aliphatic heterocycles. The van der Waals surface area contributed by atoms with Gasteiger partial charge in [-0.3, -0.25) is 4.79 Å². The normalized spacial score (nSPS) is 21.3. The predicted molar refractivity (Wildman–Crippen MR) is 63.7 cm³/mol. The average molecular weight is 289 g/mol. The number of morpholine rings is 1. The lowest BCUT2D eigenvalue weighted by Crippen LogP contribution is -2.52. The van der Waals surface area contributed by atoms with Gasteiger partial charge in [0.2, 0.25) is 0 Å². The highest BCUT2D eigenvalue weighted by Gasteiger charge is 2.39. The Morgan fingerprint density at radius 2 is 2.32 bits per heavy atom. The van der Waals surface area contributed by atoms with Crippen LogP contribution >= 0.6 is 0 Å². The van der Waals surface area contributed by atoms with Crippen LogP contribution in [-0.4, -0.2) is 61.2 Å². The van der Waals surface area contributed by atoms with Gasteiger partial charge in [-0.25, -0.2) is 13.4 Å². The number of imidazole rings is 1. The first-order valence-electron chi connectivity index (χ1n) is 5.62. The van der Waals surface area contributed by atoms with Gasteiger partial charge in [0.05, 0.1) is 26.7 Å². The molecule has 0 aliphatic carbocycles. The molecule has 1 unspecified atom stereocenters. The van der Waals surface area contributed by atoms with E-state index in [9.17, 15) is 13.2 Å². The van der Waals surface area contributed by atoms with Gasteiger partial charge in [0, 0.05) is 19.8 Å². The van der Waals surface area contributed by atoms with Crippen molar-refractivity contribution < 1.29 is 22.7 Å². The SMILES string of the molecule is COC(=O)C1COCCN1S(=O)(=O)c1cn(C)cn1. The van der Waals surface area contributed by atoms with Crippen LogP contribution in [0.1, 0.15) is 0 Å². The highest BCUT2D eigenvalue weighted by atomic mass is 32.2. The van der Waals surface area contributed by atoms with Crippen molar-refractivity contribution in [2.24, 2.45) is 7.05 Å². The summed E-state index contributed by atoms with van der Waals surface area (Å²) in [7, 11) is -0.944. The van der Waals surface area contributed by atoms with E-state index in [1.165, 1.54) is 24.2 Å². The fraction of sp³-hybridized carbons (Fsp3) is 0.600. The van der Waals surface area contributed by atoms with Crippen LogP contribution in [0, 0.1) is 0 Å². The van der Waals surface area contributed by atoms with Crippen LogP contribution in [-0.2, 0) is 31.3 Å². The number of hydrogen-bond acceptors (Lipinski definition) is 6. The topological polar surface area (TPSA) is 90.7 Å². The van der Waals surface area contributed by atoms with Gasteiger partial charge in [-0.2, -0.15) is 4.31 Å². The zero-order valence-electron chi connectivity index (χ0n) is 10.6. The van der Waals surface area contributed by atoms with Crippen molar-refractivity contribution in [3.8, 4) is 0 Å². The summed E-state index contributed by atoms with van der Waals surface area (Å²) in [5.41, 5.74) is 0. The predicted octanol–water partition coefficient (Wildman–Crippen LogP) is -1.02. The van der Waals surface area contributed by atoms with E-state index in [2.05, 4.69) is 9.72 Å². The van der Waals surface area contributed by atoms with Crippen LogP contribution in [0.15, 0.2) is 17.6 Å². The number of sulfonamides is 1. The number of esters is 1. The lowest BCUT2D eigenvalue weighted by Gasteiger charge is -2.31. The van der Waals surface area contributed by atoms with Crippen molar-refractivity contribution >= 4 is 16.0 Å². The van der Waals surface area contributed by atoms with Crippen molar-refractivity contribution in [3.05, 3.63) is 12.5 Å². The van der Waals surface area contributed by atoms with E-state index >= 15 is 0 Å². The fourth-order valence-electron chi connectivity index (χ4n) is 1.84. The maximum Gasteiger partial charge on any atom is 0.326 e. The van der Waals surface area contributed by atoms with Gasteiger partial charge in [0.15, 0.2) is 5.03 Å². The van der Waals surface area contributed by atoms with E-state index in [0.29, 0.717) is 0 Å². The summed E-state index contributed by atoms with van der Waals surface area (Å²) >= 11 is 0. The number of nitrogens with zero attached hydrogens (tertiary/aromatic N) is 3. The van der Waals surface area contributed by atoms with Crippen molar-refractivity contribution in [2.45, 2.75) is 11.1 Å². The molecular formula is C10H15N3O5S. The number of methoxy groups -OCH3 is 1. The number of hydrogen-bond donors (Lipinski definition) is 0. The molecule has 1 atom stereocenters. The summed E-state index contributed by atoms with van der Waals surface area (Å²) in [6, 6.07) is -0.967. The van der Waals surface area contributed by atoms with E-state index in [-0.39, 0.29) is 24.8 Å². The second-order valence-corrected chi connectivity index (χ2v) is 5.94. The van der Waals surface area contributed by atoms with Gasteiger partial charge in [-0.15, -0.1) is 0 Å². The lowest BCUT2D eigenvalue weighted by atomic mass is 10.3. The summed E-state index contributed by atoms with van der Waals surface area (Å²) in [4.78, 5) is 15.4. The maximum absolute atomic E-state index is 12.4. The molecule has 0 amide bonds. The Kier molecular flexibility index (Phi) is 3.88. The molecule has 0 saturated carbocycles. The second-order valence-electron chi connectivity index (χ2n) is 4.11. The Balaban J connectivity index is 2.34. The molecule has 1 aromatic rings. The molecule has 0 spiro atoms. The molecule has 1 aromatic heterocycles. The minimum Gasteiger partial charge on any atom is -0.468 e. The molecule has 9 heteroatoms.